The summed E-state index contributed by atoms with van der Waals surface area (Å²) in [4.78, 5) is 18.2. The van der Waals surface area contributed by atoms with E-state index in [4.69, 9.17) is 5.26 Å². The number of nitriles is 1. The molecule has 0 aliphatic heterocycles. The molecule has 1 aromatic heterocycles. The van der Waals surface area contributed by atoms with Gasteiger partial charge < -0.3 is 4.90 Å². The van der Waals surface area contributed by atoms with Gasteiger partial charge in [-0.15, -0.1) is 11.3 Å². The highest BCUT2D eigenvalue weighted by atomic mass is 32.1. The van der Waals surface area contributed by atoms with Crippen molar-refractivity contribution < 1.29 is 4.79 Å². The molecule has 0 unspecified atom stereocenters. The third kappa shape index (κ3) is 3.18. The number of aryl methyl sites for hydroxylation is 1. The maximum Gasteiger partial charge on any atom is 0.253 e. The van der Waals surface area contributed by atoms with E-state index >= 15 is 0 Å². The molecule has 96 valence electrons. The van der Waals surface area contributed by atoms with E-state index in [-0.39, 0.29) is 5.91 Å². The lowest BCUT2D eigenvalue weighted by Crippen LogP contribution is -2.26. The van der Waals surface area contributed by atoms with E-state index in [9.17, 15) is 4.79 Å². The van der Waals surface area contributed by atoms with Gasteiger partial charge in [-0.05, 0) is 25.1 Å². The Balaban J connectivity index is 2.12. The van der Waals surface area contributed by atoms with Crippen LogP contribution in [0.5, 0.6) is 0 Å². The highest BCUT2D eigenvalue weighted by Gasteiger charge is 2.13. The minimum atomic E-state index is -0.109. The van der Waals surface area contributed by atoms with Gasteiger partial charge in [-0.3, -0.25) is 4.79 Å². The molecule has 1 amide bonds. The Labute approximate surface area is 115 Å². The first-order valence-corrected chi connectivity index (χ1v) is 6.65. The summed E-state index contributed by atoms with van der Waals surface area (Å²) in [7, 11) is 1.73. The van der Waals surface area contributed by atoms with Gasteiger partial charge in [0.15, 0.2) is 0 Å². The second kappa shape index (κ2) is 5.63. The van der Waals surface area contributed by atoms with Crippen LogP contribution in [0.25, 0.3) is 0 Å². The molecular weight excluding hydrogens is 258 g/mol. The van der Waals surface area contributed by atoms with E-state index in [1.807, 2.05) is 18.4 Å². The zero-order valence-electron chi connectivity index (χ0n) is 10.8. The Morgan fingerprint density at radius 3 is 2.95 bits per heavy atom. The number of nitrogens with zero attached hydrogens (tertiary/aromatic N) is 3. The van der Waals surface area contributed by atoms with Gasteiger partial charge in [-0.1, -0.05) is 6.07 Å². The Kier molecular flexibility index (Phi) is 3.93. The van der Waals surface area contributed by atoms with Crippen LogP contribution >= 0.6 is 11.3 Å². The first kappa shape index (κ1) is 13.2. The maximum atomic E-state index is 12.2. The molecule has 5 heteroatoms. The van der Waals surface area contributed by atoms with Crippen molar-refractivity contribution in [2.45, 2.75) is 13.5 Å². The van der Waals surface area contributed by atoms with Crippen molar-refractivity contribution in [3.63, 3.8) is 0 Å². The third-order valence-corrected chi connectivity index (χ3v) is 3.47. The summed E-state index contributed by atoms with van der Waals surface area (Å²) in [5, 5.41) is 11.8. The molecule has 0 spiro atoms. The SMILES string of the molecule is Cc1nc(CN(C)C(=O)c2cccc(C#N)c2)cs1. The molecule has 0 bridgehead atoms. The van der Waals surface area contributed by atoms with Gasteiger partial charge in [-0.25, -0.2) is 4.98 Å². The summed E-state index contributed by atoms with van der Waals surface area (Å²) in [5.74, 6) is -0.109. The van der Waals surface area contributed by atoms with Crippen LogP contribution in [0.15, 0.2) is 29.6 Å². The minimum Gasteiger partial charge on any atom is -0.336 e. The summed E-state index contributed by atoms with van der Waals surface area (Å²) in [6.45, 7) is 2.41. The Bertz CT molecular complexity index is 642. The number of hydrogen-bond donors (Lipinski definition) is 0. The van der Waals surface area contributed by atoms with Crippen LogP contribution in [0.2, 0.25) is 0 Å². The lowest BCUT2D eigenvalue weighted by molar-refractivity contribution is 0.0783. The van der Waals surface area contributed by atoms with Crippen molar-refractivity contribution in [2.75, 3.05) is 7.05 Å². The normalized spacial score (nSPS) is 9.95. The molecule has 0 N–H and O–H groups in total. The van der Waals surface area contributed by atoms with Gasteiger partial charge in [0.25, 0.3) is 5.91 Å². The van der Waals surface area contributed by atoms with Crippen LogP contribution in [0, 0.1) is 18.3 Å². The summed E-state index contributed by atoms with van der Waals surface area (Å²) < 4.78 is 0. The van der Waals surface area contributed by atoms with E-state index in [1.165, 1.54) is 0 Å². The van der Waals surface area contributed by atoms with Gasteiger partial charge in [0.05, 0.1) is 28.9 Å². The number of benzene rings is 1. The molecule has 19 heavy (non-hydrogen) atoms. The van der Waals surface area contributed by atoms with Crippen LogP contribution in [-0.2, 0) is 6.54 Å². The Morgan fingerprint density at radius 2 is 2.32 bits per heavy atom. The number of amides is 1. The molecule has 0 aliphatic rings. The van der Waals surface area contributed by atoms with Gasteiger partial charge in [0, 0.05) is 18.0 Å². The quantitative estimate of drug-likeness (QED) is 0.862. The molecule has 4 nitrogen and oxygen atoms in total. The predicted octanol–water partition coefficient (Wildman–Crippen LogP) is 2.60. The molecule has 0 saturated carbocycles. The molecular formula is C14H13N3OS. The molecule has 1 heterocycles. The van der Waals surface area contributed by atoms with Crippen LogP contribution in [0.4, 0.5) is 0 Å². The smallest absolute Gasteiger partial charge is 0.253 e. The summed E-state index contributed by atoms with van der Waals surface area (Å²) >= 11 is 1.57. The lowest BCUT2D eigenvalue weighted by atomic mass is 10.1. The van der Waals surface area contributed by atoms with Crippen molar-refractivity contribution in [1.82, 2.24) is 9.88 Å². The second-order valence-corrected chi connectivity index (χ2v) is 5.27. The van der Waals surface area contributed by atoms with E-state index < -0.39 is 0 Å². The number of aromatic nitrogens is 1. The maximum absolute atomic E-state index is 12.2. The third-order valence-electron chi connectivity index (χ3n) is 2.65. The zero-order chi connectivity index (χ0) is 13.8. The van der Waals surface area contributed by atoms with Crippen LogP contribution < -0.4 is 0 Å². The minimum absolute atomic E-state index is 0.109. The molecule has 0 atom stereocenters. The second-order valence-electron chi connectivity index (χ2n) is 4.21. The first-order valence-electron chi connectivity index (χ1n) is 5.77. The zero-order valence-corrected chi connectivity index (χ0v) is 11.6. The molecule has 0 fully saturated rings. The van der Waals surface area contributed by atoms with Crippen LogP contribution in [-0.4, -0.2) is 22.8 Å². The molecule has 0 aliphatic carbocycles. The van der Waals surface area contributed by atoms with E-state index in [0.717, 1.165) is 10.7 Å². The summed E-state index contributed by atoms with van der Waals surface area (Å²) in [6.07, 6.45) is 0. The fourth-order valence-corrected chi connectivity index (χ4v) is 2.34. The Morgan fingerprint density at radius 1 is 1.53 bits per heavy atom. The standard InChI is InChI=1S/C14H13N3OS/c1-10-16-13(9-19-10)8-17(2)14(18)12-5-3-4-11(6-12)7-15/h3-6,9H,8H2,1-2H3. The van der Waals surface area contributed by atoms with Crippen LogP contribution in [0.1, 0.15) is 26.6 Å². The number of thiazole rings is 1. The first-order chi connectivity index (χ1) is 9.10. The van der Waals surface area contributed by atoms with E-state index in [0.29, 0.717) is 17.7 Å². The topological polar surface area (TPSA) is 57.0 Å². The van der Waals surface area contributed by atoms with Gasteiger partial charge in [-0.2, -0.15) is 5.26 Å². The molecule has 1 aromatic carbocycles. The van der Waals surface area contributed by atoms with Crippen molar-refractivity contribution in [1.29, 1.82) is 5.26 Å². The molecule has 2 aromatic rings. The highest BCUT2D eigenvalue weighted by molar-refractivity contribution is 7.09. The molecule has 0 saturated heterocycles. The summed E-state index contributed by atoms with van der Waals surface area (Å²) in [5.41, 5.74) is 1.90. The average Bonchev–Trinajstić information content (AvgIpc) is 2.83. The number of rotatable bonds is 3. The van der Waals surface area contributed by atoms with Gasteiger partial charge >= 0.3 is 0 Å². The number of carbonyl (C=O) groups is 1. The van der Waals surface area contributed by atoms with Crippen molar-refractivity contribution in [2.24, 2.45) is 0 Å². The molecule has 2 rings (SSSR count). The lowest BCUT2D eigenvalue weighted by Gasteiger charge is -2.15. The molecule has 0 radical (unpaired) electrons. The van der Waals surface area contributed by atoms with Crippen molar-refractivity contribution >= 4 is 17.2 Å². The fraction of sp³-hybridized carbons (Fsp3) is 0.214. The van der Waals surface area contributed by atoms with Crippen molar-refractivity contribution in [3.8, 4) is 6.07 Å². The van der Waals surface area contributed by atoms with Crippen molar-refractivity contribution in [3.05, 3.63) is 51.5 Å². The predicted molar refractivity (Wildman–Crippen MR) is 73.8 cm³/mol. The van der Waals surface area contributed by atoms with Gasteiger partial charge in [0.1, 0.15) is 0 Å². The largest absolute Gasteiger partial charge is 0.336 e. The van der Waals surface area contributed by atoms with E-state index in [2.05, 4.69) is 4.98 Å². The monoisotopic (exact) mass is 271 g/mol. The van der Waals surface area contributed by atoms with Crippen LogP contribution in [0.3, 0.4) is 0 Å². The number of hydrogen-bond acceptors (Lipinski definition) is 4. The number of carbonyl (C=O) groups excluding carboxylic acids is 1. The average molecular weight is 271 g/mol. The highest BCUT2D eigenvalue weighted by Crippen LogP contribution is 2.12. The van der Waals surface area contributed by atoms with E-state index in [1.54, 1.807) is 47.5 Å². The van der Waals surface area contributed by atoms with Gasteiger partial charge in [0.2, 0.25) is 0 Å². The Hall–Kier alpha value is -2.19. The summed E-state index contributed by atoms with van der Waals surface area (Å²) in [6, 6.07) is 8.75. The fourth-order valence-electron chi connectivity index (χ4n) is 1.74.